The maximum absolute atomic E-state index is 5.95. The van der Waals surface area contributed by atoms with Gasteiger partial charge in [0, 0.05) is 5.56 Å². The Balaban J connectivity index is 2.00. The number of guanidine groups is 1. The molecule has 21 heavy (non-hydrogen) atoms. The number of rotatable bonds is 1. The van der Waals surface area contributed by atoms with Crippen LogP contribution < -0.4 is 15.6 Å². The van der Waals surface area contributed by atoms with Crippen molar-refractivity contribution < 1.29 is 4.57 Å². The van der Waals surface area contributed by atoms with Crippen molar-refractivity contribution in [3.05, 3.63) is 59.7 Å². The molecule has 0 fully saturated rings. The van der Waals surface area contributed by atoms with Gasteiger partial charge in [-0.15, -0.1) is 0 Å². The Kier molecular flexibility index (Phi) is 2.47. The number of fused-ring (bicyclic) bond motifs is 3. The SMILES string of the molecule is Cc1ccccc1[C@H]1N=C(N)Nc2[nH]c3ccccc3[n+]21. The number of nitrogens with two attached hydrogens (primary N) is 1. The van der Waals surface area contributed by atoms with E-state index >= 15 is 0 Å². The van der Waals surface area contributed by atoms with Gasteiger partial charge in [-0.05, 0) is 24.6 Å². The molecule has 2 heterocycles. The third-order valence-electron chi connectivity index (χ3n) is 3.88. The maximum atomic E-state index is 5.95. The fourth-order valence-electron chi connectivity index (χ4n) is 2.87. The van der Waals surface area contributed by atoms with E-state index in [2.05, 4.69) is 45.0 Å². The summed E-state index contributed by atoms with van der Waals surface area (Å²) in [7, 11) is 0. The predicted octanol–water partition coefficient (Wildman–Crippen LogP) is 2.05. The van der Waals surface area contributed by atoms with Crippen molar-refractivity contribution in [2.75, 3.05) is 5.32 Å². The van der Waals surface area contributed by atoms with E-state index in [0.717, 1.165) is 22.5 Å². The first-order chi connectivity index (χ1) is 10.2. The van der Waals surface area contributed by atoms with E-state index in [9.17, 15) is 0 Å². The molecule has 1 atom stereocenters. The number of aliphatic imine (C=N–C) groups is 1. The summed E-state index contributed by atoms with van der Waals surface area (Å²) < 4.78 is 2.15. The lowest BCUT2D eigenvalue weighted by atomic mass is 10.1. The van der Waals surface area contributed by atoms with Crippen molar-refractivity contribution in [2.24, 2.45) is 10.7 Å². The lowest BCUT2D eigenvalue weighted by Gasteiger charge is -2.19. The van der Waals surface area contributed by atoms with Crippen LogP contribution in [0.1, 0.15) is 17.3 Å². The van der Waals surface area contributed by atoms with Crippen molar-refractivity contribution in [1.29, 1.82) is 0 Å². The van der Waals surface area contributed by atoms with Gasteiger partial charge in [-0.25, -0.2) is 14.9 Å². The minimum absolute atomic E-state index is 0.154. The zero-order valence-electron chi connectivity index (χ0n) is 11.7. The smallest absolute Gasteiger partial charge is 0.357 e. The summed E-state index contributed by atoms with van der Waals surface area (Å²) >= 11 is 0. The third-order valence-corrected chi connectivity index (χ3v) is 3.88. The molecule has 0 radical (unpaired) electrons. The van der Waals surface area contributed by atoms with Gasteiger partial charge in [0.15, 0.2) is 0 Å². The monoisotopic (exact) mass is 278 g/mol. The lowest BCUT2D eigenvalue weighted by Crippen LogP contribution is -2.48. The summed E-state index contributed by atoms with van der Waals surface area (Å²) in [6.45, 7) is 2.10. The maximum Gasteiger partial charge on any atom is 0.365 e. The van der Waals surface area contributed by atoms with Crippen LogP contribution in [-0.4, -0.2) is 10.9 Å². The Morgan fingerprint density at radius 3 is 2.71 bits per heavy atom. The molecule has 0 spiro atoms. The number of hydrogen-bond acceptors (Lipinski definition) is 3. The third kappa shape index (κ3) is 1.78. The summed E-state index contributed by atoms with van der Waals surface area (Å²) in [6.07, 6.45) is -0.154. The quantitative estimate of drug-likeness (QED) is 0.596. The number of para-hydroxylation sites is 2. The molecule has 0 saturated heterocycles. The first-order valence-electron chi connectivity index (χ1n) is 6.92. The summed E-state index contributed by atoms with van der Waals surface area (Å²) in [4.78, 5) is 7.96. The van der Waals surface area contributed by atoms with Crippen LogP contribution in [0, 0.1) is 6.92 Å². The number of H-pyrrole nitrogens is 1. The Labute approximate surface area is 122 Å². The fraction of sp³-hybridized carbons (Fsp3) is 0.125. The summed E-state index contributed by atoms with van der Waals surface area (Å²) in [6, 6.07) is 16.4. The first-order valence-corrected chi connectivity index (χ1v) is 6.92. The zero-order valence-corrected chi connectivity index (χ0v) is 11.7. The second-order valence-corrected chi connectivity index (χ2v) is 5.23. The molecule has 0 saturated carbocycles. The molecule has 104 valence electrons. The van der Waals surface area contributed by atoms with Gasteiger partial charge in [-0.1, -0.05) is 36.4 Å². The first kappa shape index (κ1) is 12.0. The highest BCUT2D eigenvalue weighted by Gasteiger charge is 2.31. The molecule has 4 rings (SSSR count). The van der Waals surface area contributed by atoms with Crippen LogP contribution in [0.4, 0.5) is 5.95 Å². The summed E-state index contributed by atoms with van der Waals surface area (Å²) in [5.41, 5.74) is 10.5. The number of hydrogen-bond donors (Lipinski definition) is 3. The number of imidazole rings is 1. The Bertz CT molecular complexity index is 862. The normalized spacial score (nSPS) is 17.2. The largest absolute Gasteiger partial charge is 0.365 e. The molecule has 0 aliphatic carbocycles. The van der Waals surface area contributed by atoms with Gasteiger partial charge < -0.3 is 5.73 Å². The number of nitrogens with zero attached hydrogens (tertiary/aromatic N) is 2. The minimum atomic E-state index is -0.154. The van der Waals surface area contributed by atoms with Gasteiger partial charge >= 0.3 is 5.95 Å². The van der Waals surface area contributed by atoms with Gasteiger partial charge in [0.25, 0.3) is 5.96 Å². The minimum Gasteiger partial charge on any atom is -0.357 e. The van der Waals surface area contributed by atoms with Crippen LogP contribution in [0.25, 0.3) is 11.0 Å². The lowest BCUT2D eigenvalue weighted by molar-refractivity contribution is -0.674. The number of nitrogens with one attached hydrogen (secondary N) is 2. The molecular formula is C16H16N5+. The highest BCUT2D eigenvalue weighted by Crippen LogP contribution is 2.25. The Morgan fingerprint density at radius 2 is 1.86 bits per heavy atom. The highest BCUT2D eigenvalue weighted by molar-refractivity contribution is 5.92. The molecule has 1 aliphatic heterocycles. The van der Waals surface area contributed by atoms with Crippen LogP contribution in [-0.2, 0) is 0 Å². The molecule has 0 bridgehead atoms. The number of aromatic nitrogens is 2. The van der Waals surface area contributed by atoms with Crippen molar-refractivity contribution in [3.8, 4) is 0 Å². The molecule has 1 aliphatic rings. The summed E-state index contributed by atoms with van der Waals surface area (Å²) in [5, 5.41) is 3.10. The van der Waals surface area contributed by atoms with Gasteiger partial charge in [0.1, 0.15) is 11.0 Å². The van der Waals surface area contributed by atoms with E-state index in [1.807, 2.05) is 30.3 Å². The van der Waals surface area contributed by atoms with Crippen LogP contribution >= 0.6 is 0 Å². The average molecular weight is 278 g/mol. The van der Waals surface area contributed by atoms with Crippen molar-refractivity contribution in [1.82, 2.24) is 4.98 Å². The number of aromatic amines is 1. The molecule has 0 unspecified atom stereocenters. The van der Waals surface area contributed by atoms with E-state index in [1.54, 1.807) is 0 Å². The van der Waals surface area contributed by atoms with Crippen molar-refractivity contribution >= 4 is 22.9 Å². The highest BCUT2D eigenvalue weighted by atomic mass is 15.4. The number of anilines is 1. The molecule has 4 N–H and O–H groups in total. The molecular weight excluding hydrogens is 262 g/mol. The van der Waals surface area contributed by atoms with E-state index < -0.39 is 0 Å². The van der Waals surface area contributed by atoms with E-state index in [4.69, 9.17) is 5.73 Å². The van der Waals surface area contributed by atoms with E-state index in [-0.39, 0.29) is 6.17 Å². The fourth-order valence-corrected chi connectivity index (χ4v) is 2.87. The van der Waals surface area contributed by atoms with Gasteiger partial charge in [0.2, 0.25) is 6.17 Å². The number of benzene rings is 2. The predicted molar refractivity (Wildman–Crippen MR) is 83.1 cm³/mol. The standard InChI is InChI=1S/C16H15N5/c1-10-6-2-3-7-11(10)14-19-15(17)20-16-18-12-8-4-5-9-13(12)21(14)16/h2-9,14H,1H3,(H3,17,18,19,20)/p+1/t14-/m0/s1. The van der Waals surface area contributed by atoms with Gasteiger partial charge in [0.05, 0.1) is 0 Å². The van der Waals surface area contributed by atoms with Gasteiger partial charge in [-0.2, -0.15) is 4.99 Å². The Morgan fingerprint density at radius 1 is 1.10 bits per heavy atom. The topological polar surface area (TPSA) is 70.1 Å². The van der Waals surface area contributed by atoms with Crippen molar-refractivity contribution in [2.45, 2.75) is 13.1 Å². The van der Waals surface area contributed by atoms with E-state index in [0.29, 0.717) is 5.96 Å². The van der Waals surface area contributed by atoms with Crippen LogP contribution in [0.2, 0.25) is 0 Å². The molecule has 0 amide bonds. The molecule has 1 aromatic heterocycles. The van der Waals surface area contributed by atoms with Crippen LogP contribution in [0.15, 0.2) is 53.5 Å². The van der Waals surface area contributed by atoms with E-state index in [1.165, 1.54) is 5.56 Å². The van der Waals surface area contributed by atoms with Gasteiger partial charge in [-0.3, -0.25) is 0 Å². The molecule has 2 aromatic carbocycles. The summed E-state index contributed by atoms with van der Waals surface area (Å²) in [5.74, 6) is 1.28. The average Bonchev–Trinajstić information content (AvgIpc) is 2.85. The second-order valence-electron chi connectivity index (χ2n) is 5.23. The zero-order chi connectivity index (χ0) is 14.4. The molecule has 3 aromatic rings. The number of aryl methyl sites for hydroxylation is 1. The molecule has 5 heteroatoms. The Hall–Kier alpha value is -2.82. The van der Waals surface area contributed by atoms with Crippen LogP contribution in [0.5, 0.6) is 0 Å². The molecule has 5 nitrogen and oxygen atoms in total. The van der Waals surface area contributed by atoms with Crippen LogP contribution in [0.3, 0.4) is 0 Å². The van der Waals surface area contributed by atoms with Crippen molar-refractivity contribution in [3.63, 3.8) is 0 Å². The second kappa shape index (κ2) is 4.34.